The Kier molecular flexibility index (Phi) is 7.05. The van der Waals surface area contributed by atoms with Crippen molar-refractivity contribution < 1.29 is 28.2 Å². The van der Waals surface area contributed by atoms with Crippen molar-refractivity contribution in [1.82, 2.24) is 0 Å². The first-order valence-corrected chi connectivity index (χ1v) is 9.39. The lowest BCUT2D eigenvalue weighted by atomic mass is 10.1. The van der Waals surface area contributed by atoms with Gasteiger partial charge < -0.3 is 18.6 Å². The van der Waals surface area contributed by atoms with E-state index in [4.69, 9.17) is 18.6 Å². The van der Waals surface area contributed by atoms with Gasteiger partial charge in [0.2, 0.25) is 0 Å². The van der Waals surface area contributed by atoms with Crippen molar-refractivity contribution >= 4 is 28.7 Å². The summed E-state index contributed by atoms with van der Waals surface area (Å²) >= 11 is 0. The van der Waals surface area contributed by atoms with Crippen LogP contribution in [0.15, 0.2) is 63.8 Å². The smallest absolute Gasteiger partial charge is 0.411 e. The third-order valence-electron chi connectivity index (χ3n) is 4.06. The highest BCUT2D eigenvalue weighted by Gasteiger charge is 2.11. The molecule has 0 atom stereocenters. The van der Waals surface area contributed by atoms with Crippen molar-refractivity contribution in [3.8, 4) is 5.75 Å². The zero-order valence-electron chi connectivity index (χ0n) is 16.4. The van der Waals surface area contributed by atoms with Crippen LogP contribution < -0.4 is 15.7 Å². The minimum atomic E-state index is -0.609. The molecular formula is C22H21NO7. The van der Waals surface area contributed by atoms with E-state index in [1.807, 2.05) is 18.2 Å². The summed E-state index contributed by atoms with van der Waals surface area (Å²) in [5.74, 6) is 0.220. The summed E-state index contributed by atoms with van der Waals surface area (Å²) in [7, 11) is 0. The third-order valence-corrected chi connectivity index (χ3v) is 4.06. The van der Waals surface area contributed by atoms with E-state index in [1.54, 1.807) is 31.2 Å². The van der Waals surface area contributed by atoms with E-state index in [-0.39, 0.29) is 31.8 Å². The average molecular weight is 411 g/mol. The van der Waals surface area contributed by atoms with E-state index in [0.29, 0.717) is 22.4 Å². The van der Waals surface area contributed by atoms with Crippen molar-refractivity contribution in [3.05, 3.63) is 70.6 Å². The molecule has 2 aromatic carbocycles. The lowest BCUT2D eigenvalue weighted by Gasteiger charge is -2.10. The van der Waals surface area contributed by atoms with Crippen molar-refractivity contribution in [2.24, 2.45) is 0 Å². The quantitative estimate of drug-likeness (QED) is 0.443. The normalized spacial score (nSPS) is 10.4. The van der Waals surface area contributed by atoms with Gasteiger partial charge in [-0.2, -0.15) is 0 Å². The van der Waals surface area contributed by atoms with E-state index in [1.165, 1.54) is 12.1 Å². The molecule has 0 unspecified atom stereocenters. The number of amides is 1. The number of benzene rings is 2. The Balaban J connectivity index is 1.61. The maximum absolute atomic E-state index is 12.0. The Bertz CT molecular complexity index is 1080. The van der Waals surface area contributed by atoms with Gasteiger partial charge in [-0.1, -0.05) is 18.2 Å². The van der Waals surface area contributed by atoms with Crippen LogP contribution in [-0.2, 0) is 20.9 Å². The highest BCUT2D eigenvalue weighted by molar-refractivity contribution is 5.90. The van der Waals surface area contributed by atoms with Crippen LogP contribution in [0.1, 0.15) is 18.9 Å². The van der Waals surface area contributed by atoms with Gasteiger partial charge in [0.1, 0.15) is 17.9 Å². The topological polar surface area (TPSA) is 104 Å². The first-order chi connectivity index (χ1) is 14.5. The highest BCUT2D eigenvalue weighted by Crippen LogP contribution is 2.22. The number of fused-ring (bicyclic) bond motifs is 1. The highest BCUT2D eigenvalue weighted by atomic mass is 16.5. The summed E-state index contributed by atoms with van der Waals surface area (Å²) in [4.78, 5) is 35.4. The SMILES string of the molecule is CCOC(=O)Nc1ccc2c(COC(=O)CCOc3ccccc3)cc(=O)oc2c1. The zero-order valence-corrected chi connectivity index (χ0v) is 16.4. The lowest BCUT2D eigenvalue weighted by molar-refractivity contribution is -0.145. The molecule has 1 aromatic heterocycles. The summed E-state index contributed by atoms with van der Waals surface area (Å²) in [6.45, 7) is 2.03. The molecular weight excluding hydrogens is 390 g/mol. The van der Waals surface area contributed by atoms with Crippen molar-refractivity contribution in [2.45, 2.75) is 20.0 Å². The van der Waals surface area contributed by atoms with E-state index in [9.17, 15) is 14.4 Å². The minimum Gasteiger partial charge on any atom is -0.493 e. The Morgan fingerprint density at radius 3 is 2.60 bits per heavy atom. The molecule has 0 saturated heterocycles. The van der Waals surface area contributed by atoms with Crippen molar-refractivity contribution in [2.75, 3.05) is 18.5 Å². The number of esters is 1. The number of hydrogen-bond acceptors (Lipinski definition) is 7. The molecule has 0 radical (unpaired) electrons. The van der Waals surface area contributed by atoms with Gasteiger partial charge in [-0.25, -0.2) is 9.59 Å². The first kappa shape index (κ1) is 20.9. The molecule has 0 fully saturated rings. The number of para-hydroxylation sites is 1. The molecule has 1 amide bonds. The van der Waals surface area contributed by atoms with Crippen LogP contribution in [0.4, 0.5) is 10.5 Å². The zero-order chi connectivity index (χ0) is 21.3. The second-order valence-electron chi connectivity index (χ2n) is 6.22. The Morgan fingerprint density at radius 2 is 1.83 bits per heavy atom. The van der Waals surface area contributed by atoms with Gasteiger partial charge >= 0.3 is 17.7 Å². The monoisotopic (exact) mass is 411 g/mol. The number of carbonyl (C=O) groups is 2. The maximum Gasteiger partial charge on any atom is 0.411 e. The molecule has 156 valence electrons. The van der Waals surface area contributed by atoms with Gasteiger partial charge in [0, 0.05) is 28.8 Å². The van der Waals surface area contributed by atoms with Crippen LogP contribution in [0, 0.1) is 0 Å². The van der Waals surface area contributed by atoms with Crippen molar-refractivity contribution in [3.63, 3.8) is 0 Å². The Hall–Kier alpha value is -3.81. The molecule has 0 bridgehead atoms. The molecule has 0 spiro atoms. The van der Waals surface area contributed by atoms with E-state index < -0.39 is 17.7 Å². The lowest BCUT2D eigenvalue weighted by Crippen LogP contribution is -2.13. The van der Waals surface area contributed by atoms with Crippen LogP contribution in [0.5, 0.6) is 5.75 Å². The fourth-order valence-electron chi connectivity index (χ4n) is 2.71. The fourth-order valence-corrected chi connectivity index (χ4v) is 2.71. The molecule has 8 heteroatoms. The van der Waals surface area contributed by atoms with E-state index in [2.05, 4.69) is 5.32 Å². The molecule has 3 rings (SSSR count). The van der Waals surface area contributed by atoms with Crippen LogP contribution in [-0.4, -0.2) is 25.3 Å². The average Bonchev–Trinajstić information content (AvgIpc) is 2.72. The standard InChI is InChI=1S/C22H21NO7/c1-2-27-22(26)23-16-8-9-18-15(12-21(25)30-19(18)13-16)14-29-20(24)10-11-28-17-6-4-3-5-7-17/h3-9,12-13H,2,10-11,14H2,1H3,(H,23,26). The molecule has 0 aliphatic carbocycles. The van der Waals surface area contributed by atoms with E-state index in [0.717, 1.165) is 0 Å². The number of ether oxygens (including phenoxy) is 3. The maximum atomic E-state index is 12.0. The van der Waals surface area contributed by atoms with Gasteiger partial charge in [-0.3, -0.25) is 10.1 Å². The number of anilines is 1. The summed E-state index contributed by atoms with van der Waals surface area (Å²) in [5.41, 5.74) is 0.585. The van der Waals surface area contributed by atoms with Crippen LogP contribution in [0.25, 0.3) is 11.0 Å². The molecule has 1 N–H and O–H groups in total. The van der Waals surface area contributed by atoms with Gasteiger partial charge in [-0.05, 0) is 31.2 Å². The second kappa shape index (κ2) is 10.1. The largest absolute Gasteiger partial charge is 0.493 e. The summed E-state index contributed by atoms with van der Waals surface area (Å²) in [5, 5.41) is 3.13. The third kappa shape index (κ3) is 5.84. The Labute approximate surface area is 172 Å². The number of carbonyl (C=O) groups excluding carboxylic acids is 2. The van der Waals surface area contributed by atoms with Gasteiger partial charge in [0.15, 0.2) is 0 Å². The number of rotatable bonds is 8. The Morgan fingerprint density at radius 1 is 1.03 bits per heavy atom. The molecule has 1 heterocycles. The minimum absolute atomic E-state index is 0.0713. The van der Waals surface area contributed by atoms with E-state index >= 15 is 0 Å². The van der Waals surface area contributed by atoms with Gasteiger partial charge in [0.25, 0.3) is 0 Å². The predicted octanol–water partition coefficient (Wildman–Crippen LogP) is 3.87. The molecule has 8 nitrogen and oxygen atoms in total. The molecule has 0 aliphatic rings. The molecule has 30 heavy (non-hydrogen) atoms. The van der Waals surface area contributed by atoms with Crippen LogP contribution in [0.2, 0.25) is 0 Å². The van der Waals surface area contributed by atoms with Crippen molar-refractivity contribution in [1.29, 1.82) is 0 Å². The fraction of sp³-hybridized carbons (Fsp3) is 0.227. The first-order valence-electron chi connectivity index (χ1n) is 9.39. The molecule has 3 aromatic rings. The predicted molar refractivity (Wildman–Crippen MR) is 109 cm³/mol. The summed E-state index contributed by atoms with van der Waals surface area (Å²) in [6, 6.07) is 15.2. The summed E-state index contributed by atoms with van der Waals surface area (Å²) in [6.07, 6.45) is -0.538. The second-order valence-corrected chi connectivity index (χ2v) is 6.22. The number of nitrogens with one attached hydrogen (secondary N) is 1. The van der Waals surface area contributed by atoms with Gasteiger partial charge in [-0.15, -0.1) is 0 Å². The van der Waals surface area contributed by atoms with Crippen LogP contribution >= 0.6 is 0 Å². The summed E-state index contributed by atoms with van der Waals surface area (Å²) < 4.78 is 20.8. The molecule has 0 aliphatic heterocycles. The molecule has 0 saturated carbocycles. The van der Waals surface area contributed by atoms with Gasteiger partial charge in [0.05, 0.1) is 19.6 Å². The van der Waals surface area contributed by atoms with Crippen LogP contribution in [0.3, 0.4) is 0 Å². The number of hydrogen-bond donors (Lipinski definition) is 1.